The number of halogens is 3. The van der Waals surface area contributed by atoms with Crippen LogP contribution in [0.4, 0.5) is 18.9 Å². The third-order valence-electron chi connectivity index (χ3n) is 2.69. The van der Waals surface area contributed by atoms with Crippen molar-refractivity contribution in [2.75, 3.05) is 31.1 Å². The third-order valence-corrected chi connectivity index (χ3v) is 2.69. The summed E-state index contributed by atoms with van der Waals surface area (Å²) in [6.45, 7) is 6.40. The highest BCUT2D eigenvalue weighted by atomic mass is 19.4. The van der Waals surface area contributed by atoms with Crippen LogP contribution >= 0.6 is 0 Å². The minimum absolute atomic E-state index is 1.08. The number of nitrogens with zero attached hydrogens (tertiary/aromatic N) is 3. The molecule has 0 radical (unpaired) electrons. The van der Waals surface area contributed by atoms with E-state index in [0.717, 1.165) is 31.9 Å². The molecule has 2 N–H and O–H groups in total. The first-order chi connectivity index (χ1) is 9.21. The average molecular weight is 294 g/mol. The lowest BCUT2D eigenvalue weighted by molar-refractivity contribution is -0.192. The first-order valence-corrected chi connectivity index (χ1v) is 5.98. The number of nitrogens with one attached hydrogen (secondary N) is 1. The SMILES string of the molecule is Cc1nn(C)cc1N1CCNCC1.O=C(O)C(F)(F)F. The van der Waals surface area contributed by atoms with Crippen LogP contribution in [0, 0.1) is 6.92 Å². The van der Waals surface area contributed by atoms with Gasteiger partial charge in [0.05, 0.1) is 11.4 Å². The second kappa shape index (κ2) is 6.60. The van der Waals surface area contributed by atoms with E-state index in [2.05, 4.69) is 28.4 Å². The van der Waals surface area contributed by atoms with Gasteiger partial charge in [-0.05, 0) is 6.92 Å². The summed E-state index contributed by atoms with van der Waals surface area (Å²) in [6.07, 6.45) is -2.99. The van der Waals surface area contributed by atoms with Crippen LogP contribution in [0.2, 0.25) is 0 Å². The summed E-state index contributed by atoms with van der Waals surface area (Å²) in [6, 6.07) is 0. The average Bonchev–Trinajstić information content (AvgIpc) is 2.69. The van der Waals surface area contributed by atoms with Gasteiger partial charge in [-0.3, -0.25) is 4.68 Å². The number of piperazine rings is 1. The molecule has 0 atom stereocenters. The maximum atomic E-state index is 10.6. The molecule has 2 heterocycles. The van der Waals surface area contributed by atoms with Gasteiger partial charge in [0.15, 0.2) is 0 Å². The molecule has 0 aromatic carbocycles. The lowest BCUT2D eigenvalue weighted by Gasteiger charge is -2.28. The molecule has 0 aliphatic carbocycles. The third kappa shape index (κ3) is 4.72. The maximum Gasteiger partial charge on any atom is 0.490 e. The summed E-state index contributed by atoms with van der Waals surface area (Å²) in [5.74, 6) is -2.76. The smallest absolute Gasteiger partial charge is 0.475 e. The molecule has 1 aliphatic rings. The van der Waals surface area contributed by atoms with Gasteiger partial charge in [-0.1, -0.05) is 0 Å². The second-order valence-corrected chi connectivity index (χ2v) is 4.31. The number of alkyl halides is 3. The molecule has 1 saturated heterocycles. The van der Waals surface area contributed by atoms with Gasteiger partial charge in [-0.25, -0.2) is 4.79 Å². The van der Waals surface area contributed by atoms with E-state index < -0.39 is 12.1 Å². The van der Waals surface area contributed by atoms with Crippen molar-refractivity contribution < 1.29 is 23.1 Å². The predicted molar refractivity (Wildman–Crippen MR) is 66.7 cm³/mol. The van der Waals surface area contributed by atoms with E-state index >= 15 is 0 Å². The Morgan fingerprint density at radius 3 is 2.25 bits per heavy atom. The topological polar surface area (TPSA) is 70.4 Å². The Morgan fingerprint density at radius 2 is 1.90 bits per heavy atom. The number of carbonyl (C=O) groups is 1. The van der Waals surface area contributed by atoms with Crippen molar-refractivity contribution in [2.24, 2.45) is 7.05 Å². The fraction of sp³-hybridized carbons (Fsp3) is 0.636. The summed E-state index contributed by atoms with van der Waals surface area (Å²) >= 11 is 0. The minimum atomic E-state index is -5.08. The van der Waals surface area contributed by atoms with Crippen molar-refractivity contribution >= 4 is 11.7 Å². The van der Waals surface area contributed by atoms with Crippen molar-refractivity contribution in [3.63, 3.8) is 0 Å². The van der Waals surface area contributed by atoms with Gasteiger partial charge in [0.1, 0.15) is 0 Å². The van der Waals surface area contributed by atoms with E-state index in [1.165, 1.54) is 5.69 Å². The van der Waals surface area contributed by atoms with Gasteiger partial charge < -0.3 is 15.3 Å². The van der Waals surface area contributed by atoms with E-state index in [9.17, 15) is 13.2 Å². The standard InChI is InChI=1S/C9H16N4.C2HF3O2/c1-8-9(7-12(2)11-8)13-5-3-10-4-6-13;3-2(4,5)1(6)7/h7,10H,3-6H2,1-2H3;(H,6,7). The Balaban J connectivity index is 0.000000246. The summed E-state index contributed by atoms with van der Waals surface area (Å²) < 4.78 is 33.6. The molecule has 0 spiro atoms. The normalized spacial score (nSPS) is 15.6. The largest absolute Gasteiger partial charge is 0.490 e. The van der Waals surface area contributed by atoms with Crippen LogP contribution in [0.15, 0.2) is 6.20 Å². The van der Waals surface area contributed by atoms with Crippen LogP contribution < -0.4 is 10.2 Å². The van der Waals surface area contributed by atoms with Crippen molar-refractivity contribution in [3.05, 3.63) is 11.9 Å². The summed E-state index contributed by atoms with van der Waals surface area (Å²) in [4.78, 5) is 11.3. The van der Waals surface area contributed by atoms with Gasteiger partial charge in [-0.15, -0.1) is 0 Å². The first kappa shape index (κ1) is 16.3. The Morgan fingerprint density at radius 1 is 1.40 bits per heavy atom. The predicted octanol–water partition coefficient (Wildman–Crippen LogP) is 0.771. The molecule has 20 heavy (non-hydrogen) atoms. The summed E-state index contributed by atoms with van der Waals surface area (Å²) in [5.41, 5.74) is 2.41. The van der Waals surface area contributed by atoms with E-state index in [0.29, 0.717) is 0 Å². The Labute approximate surface area is 114 Å². The molecule has 9 heteroatoms. The number of aromatic nitrogens is 2. The van der Waals surface area contributed by atoms with Crippen molar-refractivity contribution in [1.29, 1.82) is 0 Å². The van der Waals surface area contributed by atoms with E-state index in [-0.39, 0.29) is 0 Å². The number of carboxylic acids is 1. The number of aryl methyl sites for hydroxylation is 2. The molecular weight excluding hydrogens is 277 g/mol. The van der Waals surface area contributed by atoms with Crippen LogP contribution in [0.1, 0.15) is 5.69 Å². The molecule has 0 amide bonds. The number of carboxylic acid groups (broad SMARTS) is 1. The Kier molecular flexibility index (Phi) is 5.37. The first-order valence-electron chi connectivity index (χ1n) is 5.98. The zero-order valence-corrected chi connectivity index (χ0v) is 11.2. The van der Waals surface area contributed by atoms with Gasteiger partial charge in [0.25, 0.3) is 0 Å². The van der Waals surface area contributed by atoms with Crippen LogP contribution in [0.5, 0.6) is 0 Å². The lowest BCUT2D eigenvalue weighted by Crippen LogP contribution is -2.43. The molecule has 0 unspecified atom stereocenters. The zero-order valence-electron chi connectivity index (χ0n) is 11.2. The number of rotatable bonds is 1. The quantitative estimate of drug-likeness (QED) is 0.800. The number of aliphatic carboxylic acids is 1. The Hall–Kier alpha value is -1.77. The highest BCUT2D eigenvalue weighted by Crippen LogP contribution is 2.17. The van der Waals surface area contributed by atoms with Gasteiger partial charge >= 0.3 is 12.1 Å². The number of anilines is 1. The second-order valence-electron chi connectivity index (χ2n) is 4.31. The van der Waals surface area contributed by atoms with Crippen molar-refractivity contribution in [2.45, 2.75) is 13.1 Å². The van der Waals surface area contributed by atoms with Gasteiger partial charge in [-0.2, -0.15) is 18.3 Å². The number of hydrogen-bond acceptors (Lipinski definition) is 4. The fourth-order valence-corrected chi connectivity index (χ4v) is 1.80. The highest BCUT2D eigenvalue weighted by molar-refractivity contribution is 5.73. The summed E-state index contributed by atoms with van der Waals surface area (Å²) in [5, 5.41) is 14.8. The molecule has 2 rings (SSSR count). The zero-order chi connectivity index (χ0) is 15.3. The van der Waals surface area contributed by atoms with Crippen molar-refractivity contribution in [1.82, 2.24) is 15.1 Å². The molecule has 0 bridgehead atoms. The molecule has 1 fully saturated rings. The maximum absolute atomic E-state index is 10.6. The molecule has 1 aliphatic heterocycles. The van der Waals surface area contributed by atoms with Gasteiger partial charge in [0, 0.05) is 39.4 Å². The monoisotopic (exact) mass is 294 g/mol. The summed E-state index contributed by atoms with van der Waals surface area (Å²) in [7, 11) is 1.97. The van der Waals surface area contributed by atoms with Crippen LogP contribution in [-0.4, -0.2) is 53.2 Å². The molecule has 1 aromatic rings. The van der Waals surface area contributed by atoms with Crippen LogP contribution in [-0.2, 0) is 11.8 Å². The van der Waals surface area contributed by atoms with Crippen molar-refractivity contribution in [3.8, 4) is 0 Å². The lowest BCUT2D eigenvalue weighted by atomic mass is 10.3. The van der Waals surface area contributed by atoms with Crippen LogP contribution in [0.25, 0.3) is 0 Å². The Bertz CT molecular complexity index is 453. The van der Waals surface area contributed by atoms with Crippen LogP contribution in [0.3, 0.4) is 0 Å². The van der Waals surface area contributed by atoms with Gasteiger partial charge in [0.2, 0.25) is 0 Å². The number of hydrogen-bond donors (Lipinski definition) is 2. The molecular formula is C11H17F3N4O2. The highest BCUT2D eigenvalue weighted by Gasteiger charge is 2.38. The molecule has 0 saturated carbocycles. The molecule has 6 nitrogen and oxygen atoms in total. The van der Waals surface area contributed by atoms with E-state index in [1.54, 1.807) is 0 Å². The molecule has 114 valence electrons. The minimum Gasteiger partial charge on any atom is -0.475 e. The van der Waals surface area contributed by atoms with E-state index in [4.69, 9.17) is 9.90 Å². The van der Waals surface area contributed by atoms with E-state index in [1.807, 2.05) is 11.7 Å². The molecule has 1 aromatic heterocycles. The fourth-order valence-electron chi connectivity index (χ4n) is 1.80.